The molecule has 3 heteroatoms. The van der Waals surface area contributed by atoms with Crippen LogP contribution >= 0.6 is 0 Å². The van der Waals surface area contributed by atoms with Gasteiger partial charge >= 0.3 is 0 Å². The molecule has 1 atom stereocenters. The van der Waals surface area contributed by atoms with Crippen molar-refractivity contribution in [1.82, 2.24) is 15.1 Å². The second kappa shape index (κ2) is 6.90. The van der Waals surface area contributed by atoms with Crippen molar-refractivity contribution in [3.63, 3.8) is 0 Å². The van der Waals surface area contributed by atoms with Gasteiger partial charge in [-0.1, -0.05) is 49.6 Å². The Morgan fingerprint density at radius 3 is 2.67 bits per heavy atom. The van der Waals surface area contributed by atoms with Gasteiger partial charge in [-0.15, -0.1) is 0 Å². The van der Waals surface area contributed by atoms with E-state index in [1.165, 1.54) is 37.7 Å². The summed E-state index contributed by atoms with van der Waals surface area (Å²) in [7, 11) is 0. The Hall–Kier alpha value is -1.61. The molecule has 1 N–H and O–H groups in total. The molecule has 1 aliphatic carbocycles. The second-order valence-corrected chi connectivity index (χ2v) is 6.09. The topological polar surface area (TPSA) is 29.9 Å². The monoisotopic (exact) mass is 283 g/mol. The maximum atomic E-state index is 4.75. The molecule has 112 valence electrons. The highest BCUT2D eigenvalue weighted by molar-refractivity contribution is 5.18. The molecular formula is C18H25N3. The van der Waals surface area contributed by atoms with Crippen LogP contribution in [0.1, 0.15) is 62.4 Å². The highest BCUT2D eigenvalue weighted by atomic mass is 15.3. The zero-order valence-corrected chi connectivity index (χ0v) is 12.8. The third-order valence-corrected chi connectivity index (χ3v) is 4.50. The molecule has 0 unspecified atom stereocenters. The number of rotatable bonds is 5. The van der Waals surface area contributed by atoms with Crippen molar-refractivity contribution in [2.75, 3.05) is 0 Å². The van der Waals surface area contributed by atoms with Gasteiger partial charge in [-0.3, -0.25) is 4.68 Å². The van der Waals surface area contributed by atoms with Gasteiger partial charge in [-0.2, -0.15) is 5.10 Å². The van der Waals surface area contributed by atoms with Crippen LogP contribution in [0.4, 0.5) is 0 Å². The normalized spacial score (nSPS) is 17.8. The first-order valence-electron chi connectivity index (χ1n) is 8.15. The Bertz CT molecular complexity index is 541. The van der Waals surface area contributed by atoms with Gasteiger partial charge in [0.2, 0.25) is 0 Å². The smallest absolute Gasteiger partial charge is 0.0762 e. The number of hydrogen-bond acceptors (Lipinski definition) is 2. The molecular weight excluding hydrogens is 258 g/mol. The Morgan fingerprint density at radius 2 is 1.90 bits per heavy atom. The summed E-state index contributed by atoms with van der Waals surface area (Å²) in [6.45, 7) is 3.03. The van der Waals surface area contributed by atoms with Crippen molar-refractivity contribution < 1.29 is 0 Å². The molecule has 1 fully saturated rings. The van der Waals surface area contributed by atoms with Crippen LogP contribution in [-0.2, 0) is 6.54 Å². The largest absolute Gasteiger partial charge is 0.304 e. The van der Waals surface area contributed by atoms with Crippen LogP contribution in [0.5, 0.6) is 0 Å². The molecule has 0 amide bonds. The quantitative estimate of drug-likeness (QED) is 0.889. The van der Waals surface area contributed by atoms with Gasteiger partial charge in [-0.05, 0) is 31.4 Å². The van der Waals surface area contributed by atoms with Crippen LogP contribution in [-0.4, -0.2) is 9.78 Å². The summed E-state index contributed by atoms with van der Waals surface area (Å²) in [6.07, 6.45) is 8.82. The highest BCUT2D eigenvalue weighted by Gasteiger charge is 2.16. The summed E-state index contributed by atoms with van der Waals surface area (Å²) >= 11 is 0. The van der Waals surface area contributed by atoms with E-state index in [1.807, 2.05) is 0 Å². The van der Waals surface area contributed by atoms with Crippen LogP contribution in [0.25, 0.3) is 0 Å². The van der Waals surface area contributed by atoms with Gasteiger partial charge in [0, 0.05) is 18.8 Å². The average Bonchev–Trinajstić information content (AvgIpc) is 3.03. The van der Waals surface area contributed by atoms with Crippen LogP contribution in [0.15, 0.2) is 42.6 Å². The third-order valence-electron chi connectivity index (χ3n) is 4.50. The third kappa shape index (κ3) is 3.73. The average molecular weight is 283 g/mol. The van der Waals surface area contributed by atoms with Crippen molar-refractivity contribution in [2.45, 2.75) is 57.7 Å². The molecule has 3 nitrogen and oxygen atoms in total. The van der Waals surface area contributed by atoms with Gasteiger partial charge < -0.3 is 5.32 Å². The lowest BCUT2D eigenvalue weighted by molar-refractivity contribution is 0.327. The summed E-state index contributed by atoms with van der Waals surface area (Å²) < 4.78 is 2.18. The van der Waals surface area contributed by atoms with Crippen LogP contribution in [0, 0.1) is 0 Å². The minimum Gasteiger partial charge on any atom is -0.304 e. The minimum absolute atomic E-state index is 0.353. The van der Waals surface area contributed by atoms with Crippen LogP contribution in [0.3, 0.4) is 0 Å². The van der Waals surface area contributed by atoms with E-state index in [4.69, 9.17) is 5.10 Å². The van der Waals surface area contributed by atoms with E-state index < -0.39 is 0 Å². The van der Waals surface area contributed by atoms with Crippen molar-refractivity contribution in [2.24, 2.45) is 0 Å². The molecule has 1 saturated carbocycles. The van der Waals surface area contributed by atoms with Crippen LogP contribution in [0.2, 0.25) is 0 Å². The SMILES string of the molecule is C[C@H](NCc1ccn(C2CCCCC2)n1)c1ccccc1. The molecule has 1 aromatic carbocycles. The van der Waals surface area contributed by atoms with E-state index in [2.05, 4.69) is 59.5 Å². The molecule has 0 radical (unpaired) electrons. The molecule has 1 aliphatic rings. The predicted octanol–water partition coefficient (Wildman–Crippen LogP) is 4.24. The van der Waals surface area contributed by atoms with E-state index in [0.717, 1.165) is 12.2 Å². The molecule has 0 saturated heterocycles. The first-order valence-corrected chi connectivity index (χ1v) is 8.15. The lowest BCUT2D eigenvalue weighted by Gasteiger charge is -2.21. The Morgan fingerprint density at radius 1 is 1.14 bits per heavy atom. The molecule has 1 heterocycles. The van der Waals surface area contributed by atoms with Gasteiger partial charge in [0.05, 0.1) is 11.7 Å². The summed E-state index contributed by atoms with van der Waals surface area (Å²) in [4.78, 5) is 0. The fraction of sp³-hybridized carbons (Fsp3) is 0.500. The van der Waals surface area contributed by atoms with Crippen molar-refractivity contribution in [3.8, 4) is 0 Å². The maximum Gasteiger partial charge on any atom is 0.0762 e. The first-order chi connectivity index (χ1) is 10.3. The summed E-state index contributed by atoms with van der Waals surface area (Å²) in [5, 5.41) is 8.31. The van der Waals surface area contributed by atoms with Gasteiger partial charge in [-0.25, -0.2) is 0 Å². The van der Waals surface area contributed by atoms with Crippen molar-refractivity contribution in [3.05, 3.63) is 53.9 Å². The fourth-order valence-corrected chi connectivity index (χ4v) is 3.14. The Labute approximate surface area is 127 Å². The van der Waals surface area contributed by atoms with Gasteiger partial charge in [0.1, 0.15) is 0 Å². The Kier molecular flexibility index (Phi) is 4.71. The summed E-state index contributed by atoms with van der Waals surface area (Å²) in [5.74, 6) is 0. The molecule has 21 heavy (non-hydrogen) atoms. The number of aromatic nitrogens is 2. The minimum atomic E-state index is 0.353. The molecule has 3 rings (SSSR count). The fourth-order valence-electron chi connectivity index (χ4n) is 3.14. The number of nitrogens with zero attached hydrogens (tertiary/aromatic N) is 2. The van der Waals surface area contributed by atoms with Crippen molar-refractivity contribution >= 4 is 0 Å². The molecule has 1 aromatic heterocycles. The zero-order chi connectivity index (χ0) is 14.5. The standard InChI is InChI=1S/C18H25N3/c1-15(16-8-4-2-5-9-16)19-14-17-12-13-21(20-17)18-10-6-3-7-11-18/h2,4-5,8-9,12-13,15,18-19H,3,6-7,10-11,14H2,1H3/t15-/m0/s1. The lowest BCUT2D eigenvalue weighted by Crippen LogP contribution is -2.19. The van der Waals surface area contributed by atoms with E-state index in [9.17, 15) is 0 Å². The van der Waals surface area contributed by atoms with Gasteiger partial charge in [0.15, 0.2) is 0 Å². The van der Waals surface area contributed by atoms with E-state index >= 15 is 0 Å². The van der Waals surface area contributed by atoms with Gasteiger partial charge in [0.25, 0.3) is 0 Å². The van der Waals surface area contributed by atoms with E-state index in [1.54, 1.807) is 0 Å². The van der Waals surface area contributed by atoms with Crippen molar-refractivity contribution in [1.29, 1.82) is 0 Å². The maximum absolute atomic E-state index is 4.75. The van der Waals surface area contributed by atoms with E-state index in [-0.39, 0.29) is 0 Å². The summed E-state index contributed by atoms with van der Waals surface area (Å²) in [6, 6.07) is 13.7. The molecule has 0 bridgehead atoms. The number of hydrogen-bond donors (Lipinski definition) is 1. The first kappa shape index (κ1) is 14.3. The number of nitrogens with one attached hydrogen (secondary N) is 1. The lowest BCUT2D eigenvalue weighted by atomic mass is 9.96. The molecule has 2 aromatic rings. The molecule has 0 aliphatic heterocycles. The van der Waals surface area contributed by atoms with Crippen LogP contribution < -0.4 is 5.32 Å². The predicted molar refractivity (Wildman–Crippen MR) is 86.0 cm³/mol. The van der Waals surface area contributed by atoms with E-state index in [0.29, 0.717) is 12.1 Å². The Balaban J connectivity index is 1.55. The molecule has 0 spiro atoms. The second-order valence-electron chi connectivity index (χ2n) is 6.09. The highest BCUT2D eigenvalue weighted by Crippen LogP contribution is 2.27. The summed E-state index contributed by atoms with van der Waals surface area (Å²) in [5.41, 5.74) is 2.47. The zero-order valence-electron chi connectivity index (χ0n) is 12.8. The number of benzene rings is 1.